The summed E-state index contributed by atoms with van der Waals surface area (Å²) in [5.41, 5.74) is 4.71. The third-order valence-electron chi connectivity index (χ3n) is 5.62. The maximum absolute atomic E-state index is 10.5. The van der Waals surface area contributed by atoms with Crippen LogP contribution < -0.4 is 19.3 Å². The molecule has 1 fully saturated rings. The van der Waals surface area contributed by atoms with E-state index in [0.29, 0.717) is 13.2 Å². The first kappa shape index (κ1) is 20.5. The molecule has 2 aromatic rings. The minimum Gasteiger partial charge on any atom is -0.495 e. The van der Waals surface area contributed by atoms with Crippen LogP contribution in [0.4, 0.5) is 5.69 Å². The Morgan fingerprint density at radius 3 is 2.50 bits per heavy atom. The second-order valence-corrected chi connectivity index (χ2v) is 7.78. The number of hydrogen-bond acceptors (Lipinski definition) is 4. The van der Waals surface area contributed by atoms with Gasteiger partial charge in [0.15, 0.2) is 0 Å². The molecule has 5 heteroatoms. The quantitative estimate of drug-likeness (QED) is 0.763. The molecule has 1 heterocycles. The normalized spacial score (nSPS) is 16.1. The summed E-state index contributed by atoms with van der Waals surface area (Å²) in [6, 6.07) is 12.4. The molecule has 1 aliphatic heterocycles. The van der Waals surface area contributed by atoms with Gasteiger partial charge in [0, 0.05) is 0 Å². The Balaban J connectivity index is 1.48. The van der Waals surface area contributed by atoms with E-state index in [1.165, 1.54) is 16.0 Å². The Kier molecular flexibility index (Phi) is 6.81. The standard InChI is InChI=1S/C23H32N2O3/c1-17-13-18(2)19(3)23(14-17)28-16-20(26)15-24-9-11-25(12-10-24)21-7-5-6-8-22(21)27-4/h5-8,13-14,20,26H,9-12,15-16H2,1-4H3/p+1/t20-/m0/s1. The van der Waals surface area contributed by atoms with Gasteiger partial charge in [-0.05, 0) is 55.7 Å². The lowest BCUT2D eigenvalue weighted by molar-refractivity contribution is -0.903. The molecule has 28 heavy (non-hydrogen) atoms. The van der Waals surface area contributed by atoms with Gasteiger partial charge in [-0.25, -0.2) is 0 Å². The van der Waals surface area contributed by atoms with Crippen molar-refractivity contribution in [3.63, 3.8) is 0 Å². The zero-order valence-electron chi connectivity index (χ0n) is 17.5. The smallest absolute Gasteiger partial charge is 0.142 e. The third kappa shape index (κ3) is 4.97. The second-order valence-electron chi connectivity index (χ2n) is 7.78. The molecule has 0 radical (unpaired) electrons. The van der Waals surface area contributed by atoms with Gasteiger partial charge in [-0.2, -0.15) is 0 Å². The molecule has 0 aliphatic carbocycles. The number of nitrogens with zero attached hydrogens (tertiary/aromatic N) is 1. The lowest BCUT2D eigenvalue weighted by Crippen LogP contribution is -3.16. The van der Waals surface area contributed by atoms with Gasteiger partial charge in [0.05, 0.1) is 39.0 Å². The average molecular weight is 386 g/mol. The van der Waals surface area contributed by atoms with Crippen molar-refractivity contribution in [2.45, 2.75) is 26.9 Å². The first-order valence-electron chi connectivity index (χ1n) is 10.1. The van der Waals surface area contributed by atoms with Crippen molar-refractivity contribution in [2.75, 3.05) is 51.3 Å². The van der Waals surface area contributed by atoms with E-state index < -0.39 is 6.10 Å². The van der Waals surface area contributed by atoms with Crippen LogP contribution >= 0.6 is 0 Å². The largest absolute Gasteiger partial charge is 0.495 e. The topological polar surface area (TPSA) is 46.4 Å². The number of aliphatic hydroxyl groups excluding tert-OH is 1. The van der Waals surface area contributed by atoms with Crippen molar-refractivity contribution >= 4 is 5.69 Å². The molecule has 1 aliphatic rings. The number of ether oxygens (including phenoxy) is 2. The van der Waals surface area contributed by atoms with Gasteiger partial charge in [-0.1, -0.05) is 18.2 Å². The summed E-state index contributed by atoms with van der Waals surface area (Å²) in [7, 11) is 1.72. The number of aryl methyl sites for hydroxylation is 2. The van der Waals surface area contributed by atoms with Crippen LogP contribution in [0.3, 0.4) is 0 Å². The van der Waals surface area contributed by atoms with Crippen LogP contribution in [0.25, 0.3) is 0 Å². The number of rotatable bonds is 7. The maximum Gasteiger partial charge on any atom is 0.142 e. The lowest BCUT2D eigenvalue weighted by atomic mass is 10.1. The molecule has 0 unspecified atom stereocenters. The Bertz CT molecular complexity index is 785. The first-order valence-corrected chi connectivity index (χ1v) is 10.1. The third-order valence-corrected chi connectivity index (χ3v) is 5.62. The number of hydrogen-bond donors (Lipinski definition) is 2. The van der Waals surface area contributed by atoms with Crippen LogP contribution in [0.15, 0.2) is 36.4 Å². The van der Waals surface area contributed by atoms with E-state index in [2.05, 4.69) is 37.8 Å². The fourth-order valence-corrected chi connectivity index (χ4v) is 3.89. The monoisotopic (exact) mass is 385 g/mol. The molecule has 0 bridgehead atoms. The highest BCUT2D eigenvalue weighted by molar-refractivity contribution is 5.58. The van der Waals surface area contributed by atoms with Gasteiger partial charge < -0.3 is 24.4 Å². The highest BCUT2D eigenvalue weighted by Crippen LogP contribution is 2.27. The van der Waals surface area contributed by atoms with E-state index in [0.717, 1.165) is 48.9 Å². The summed E-state index contributed by atoms with van der Waals surface area (Å²) in [6.45, 7) is 11.2. The Hall–Kier alpha value is -2.24. The molecule has 5 nitrogen and oxygen atoms in total. The maximum atomic E-state index is 10.5. The highest BCUT2D eigenvalue weighted by atomic mass is 16.5. The molecule has 1 atom stereocenters. The summed E-state index contributed by atoms with van der Waals surface area (Å²) >= 11 is 0. The van der Waals surface area contributed by atoms with Crippen LogP contribution in [0.2, 0.25) is 0 Å². The number of nitrogens with one attached hydrogen (secondary N) is 1. The molecular formula is C23H33N2O3+. The molecule has 0 amide bonds. The van der Waals surface area contributed by atoms with E-state index >= 15 is 0 Å². The van der Waals surface area contributed by atoms with Crippen molar-refractivity contribution in [3.8, 4) is 11.5 Å². The van der Waals surface area contributed by atoms with Crippen LogP contribution in [0.5, 0.6) is 11.5 Å². The first-order chi connectivity index (χ1) is 13.5. The summed E-state index contributed by atoms with van der Waals surface area (Å²) in [6.07, 6.45) is -0.465. The zero-order valence-corrected chi connectivity index (χ0v) is 17.5. The fraction of sp³-hybridized carbons (Fsp3) is 0.478. The predicted molar refractivity (Wildman–Crippen MR) is 113 cm³/mol. The number of methoxy groups -OCH3 is 1. The fourth-order valence-electron chi connectivity index (χ4n) is 3.89. The van der Waals surface area contributed by atoms with E-state index in [-0.39, 0.29) is 0 Å². The molecular weight excluding hydrogens is 352 g/mol. The lowest BCUT2D eigenvalue weighted by Gasteiger charge is -2.35. The van der Waals surface area contributed by atoms with Gasteiger partial charge in [-0.3, -0.25) is 0 Å². The second kappa shape index (κ2) is 9.30. The van der Waals surface area contributed by atoms with Crippen molar-refractivity contribution < 1.29 is 19.5 Å². The minimum atomic E-state index is -0.465. The van der Waals surface area contributed by atoms with Gasteiger partial charge in [0.2, 0.25) is 0 Å². The zero-order chi connectivity index (χ0) is 20.1. The van der Waals surface area contributed by atoms with Crippen LogP contribution in [-0.2, 0) is 0 Å². The summed E-state index contributed by atoms with van der Waals surface area (Å²) < 4.78 is 11.4. The average Bonchev–Trinajstić information content (AvgIpc) is 2.70. The van der Waals surface area contributed by atoms with Crippen molar-refractivity contribution in [3.05, 3.63) is 53.1 Å². The number of quaternary nitrogens is 1. The van der Waals surface area contributed by atoms with Crippen molar-refractivity contribution in [1.29, 1.82) is 0 Å². The number of piperazine rings is 1. The minimum absolute atomic E-state index is 0.337. The molecule has 2 aromatic carbocycles. The highest BCUT2D eigenvalue weighted by Gasteiger charge is 2.24. The molecule has 0 spiro atoms. The Morgan fingerprint density at radius 1 is 1.07 bits per heavy atom. The molecule has 2 N–H and O–H groups in total. The molecule has 152 valence electrons. The summed E-state index contributed by atoms with van der Waals surface area (Å²) in [5, 5.41) is 10.5. The number of anilines is 1. The van der Waals surface area contributed by atoms with Gasteiger partial charge in [-0.15, -0.1) is 0 Å². The molecule has 0 aromatic heterocycles. The Morgan fingerprint density at radius 2 is 1.79 bits per heavy atom. The number of benzene rings is 2. The van der Waals surface area contributed by atoms with Gasteiger partial charge in [0.25, 0.3) is 0 Å². The molecule has 1 saturated heterocycles. The van der Waals surface area contributed by atoms with E-state index in [4.69, 9.17) is 9.47 Å². The van der Waals surface area contributed by atoms with Crippen molar-refractivity contribution in [1.82, 2.24) is 0 Å². The van der Waals surface area contributed by atoms with Gasteiger partial charge >= 0.3 is 0 Å². The number of para-hydroxylation sites is 2. The van der Waals surface area contributed by atoms with Gasteiger partial charge in [0.1, 0.15) is 30.8 Å². The Labute approximate surface area is 168 Å². The predicted octanol–water partition coefficient (Wildman–Crippen LogP) is 1.77. The van der Waals surface area contributed by atoms with E-state index in [9.17, 15) is 5.11 Å². The SMILES string of the molecule is COc1ccccc1N1CC[NH+](C[C@H](O)COc2cc(C)cc(C)c2C)CC1. The van der Waals surface area contributed by atoms with E-state index in [1.807, 2.05) is 24.3 Å². The van der Waals surface area contributed by atoms with E-state index in [1.54, 1.807) is 7.11 Å². The number of aliphatic hydroxyl groups is 1. The summed E-state index contributed by atoms with van der Waals surface area (Å²) in [5.74, 6) is 1.80. The molecule has 0 saturated carbocycles. The van der Waals surface area contributed by atoms with Crippen molar-refractivity contribution in [2.24, 2.45) is 0 Å². The summed E-state index contributed by atoms with van der Waals surface area (Å²) in [4.78, 5) is 3.78. The van der Waals surface area contributed by atoms with Crippen LogP contribution in [-0.4, -0.2) is 57.7 Å². The molecule has 3 rings (SSSR count). The van der Waals surface area contributed by atoms with Crippen LogP contribution in [0, 0.1) is 20.8 Å². The van der Waals surface area contributed by atoms with Crippen LogP contribution in [0.1, 0.15) is 16.7 Å².